The molecule has 0 aliphatic carbocycles. The van der Waals surface area contributed by atoms with E-state index in [0.29, 0.717) is 11.2 Å². The fraction of sp³-hybridized carbons (Fsp3) is 1.00. The predicted octanol–water partition coefficient (Wildman–Crippen LogP) is 1.55. The second-order valence-electron chi connectivity index (χ2n) is 3.01. The van der Waals surface area contributed by atoms with Crippen LogP contribution in [0.25, 0.3) is 0 Å². The molecule has 0 saturated carbocycles. The maximum absolute atomic E-state index is 11.1. The van der Waals surface area contributed by atoms with Gasteiger partial charge in [-0.05, 0) is 18.8 Å². The van der Waals surface area contributed by atoms with Gasteiger partial charge in [0.25, 0.3) is 0 Å². The van der Waals surface area contributed by atoms with Gasteiger partial charge < -0.3 is 0 Å². The Labute approximate surface area is 59.3 Å². The molecule has 1 rings (SSSR count). The average Bonchev–Trinajstić information content (AvgIpc) is 2.13. The zero-order valence-electron chi connectivity index (χ0n) is 6.09. The van der Waals surface area contributed by atoms with Crippen LogP contribution in [0, 0.1) is 5.92 Å². The normalized spacial score (nSPS) is 35.9. The van der Waals surface area contributed by atoms with Gasteiger partial charge >= 0.3 is 0 Å². The van der Waals surface area contributed by atoms with Crippen LogP contribution in [0.2, 0.25) is 0 Å². The number of rotatable bonds is 1. The molecule has 1 nitrogen and oxygen atoms in total. The summed E-state index contributed by atoms with van der Waals surface area (Å²) in [5, 5.41) is 0.505. The molecule has 0 aromatic heterocycles. The zero-order chi connectivity index (χ0) is 6.85. The first-order valence-electron chi connectivity index (χ1n) is 3.59. The largest absolute Gasteiger partial charge is 0.259 e. The van der Waals surface area contributed by atoms with E-state index in [0.717, 1.165) is 5.75 Å². The van der Waals surface area contributed by atoms with E-state index in [-0.39, 0.29) is 0 Å². The lowest BCUT2D eigenvalue weighted by Gasteiger charge is -2.10. The van der Waals surface area contributed by atoms with Gasteiger partial charge in [-0.2, -0.15) is 0 Å². The molecule has 1 aliphatic heterocycles. The Kier molecular flexibility index (Phi) is 2.28. The van der Waals surface area contributed by atoms with Gasteiger partial charge in [0.1, 0.15) is 0 Å². The summed E-state index contributed by atoms with van der Waals surface area (Å²) in [4.78, 5) is 0. The quantitative estimate of drug-likeness (QED) is 0.548. The summed E-state index contributed by atoms with van der Waals surface area (Å²) in [6.45, 7) is 4.32. The molecule has 0 N–H and O–H groups in total. The SMILES string of the molecule is CC(C)C1CCCS1=O. The molecular weight excluding hydrogens is 132 g/mol. The molecule has 0 radical (unpaired) electrons. The molecule has 1 heterocycles. The van der Waals surface area contributed by atoms with E-state index in [9.17, 15) is 4.21 Å². The van der Waals surface area contributed by atoms with Crippen LogP contribution in [-0.2, 0) is 10.8 Å². The highest BCUT2D eigenvalue weighted by molar-refractivity contribution is 7.85. The topological polar surface area (TPSA) is 17.1 Å². The average molecular weight is 146 g/mol. The Morgan fingerprint density at radius 2 is 2.22 bits per heavy atom. The molecule has 1 fully saturated rings. The zero-order valence-corrected chi connectivity index (χ0v) is 6.91. The molecule has 0 bridgehead atoms. The van der Waals surface area contributed by atoms with Gasteiger partial charge in [-0.15, -0.1) is 0 Å². The Balaban J connectivity index is 2.49. The van der Waals surface area contributed by atoms with Crippen molar-refractivity contribution in [3.63, 3.8) is 0 Å². The summed E-state index contributed by atoms with van der Waals surface area (Å²) in [6.07, 6.45) is 2.36. The second-order valence-corrected chi connectivity index (χ2v) is 4.78. The van der Waals surface area contributed by atoms with E-state index in [2.05, 4.69) is 13.8 Å². The molecule has 1 aliphatic rings. The molecule has 54 valence electrons. The fourth-order valence-electron chi connectivity index (χ4n) is 1.35. The highest BCUT2D eigenvalue weighted by atomic mass is 32.2. The van der Waals surface area contributed by atoms with Crippen molar-refractivity contribution in [1.29, 1.82) is 0 Å². The van der Waals surface area contributed by atoms with Crippen LogP contribution in [0.1, 0.15) is 26.7 Å². The third-order valence-corrected chi connectivity index (χ3v) is 4.06. The van der Waals surface area contributed by atoms with Gasteiger partial charge in [0.2, 0.25) is 0 Å². The van der Waals surface area contributed by atoms with Gasteiger partial charge in [-0.25, -0.2) is 0 Å². The lowest BCUT2D eigenvalue weighted by molar-refractivity contribution is 0.572. The van der Waals surface area contributed by atoms with Crippen LogP contribution in [0.4, 0.5) is 0 Å². The van der Waals surface area contributed by atoms with Crippen LogP contribution in [0.3, 0.4) is 0 Å². The van der Waals surface area contributed by atoms with Crippen molar-refractivity contribution in [2.75, 3.05) is 5.75 Å². The van der Waals surface area contributed by atoms with Crippen molar-refractivity contribution < 1.29 is 4.21 Å². The summed E-state index contributed by atoms with van der Waals surface area (Å²) in [5.41, 5.74) is 0. The predicted molar refractivity (Wildman–Crippen MR) is 40.9 cm³/mol. The minimum atomic E-state index is -0.491. The summed E-state index contributed by atoms with van der Waals surface area (Å²) in [7, 11) is -0.491. The maximum atomic E-state index is 11.1. The number of hydrogen-bond donors (Lipinski definition) is 0. The van der Waals surface area contributed by atoms with Crippen LogP contribution >= 0.6 is 0 Å². The molecule has 0 aromatic rings. The molecule has 1 saturated heterocycles. The molecule has 2 unspecified atom stereocenters. The van der Waals surface area contributed by atoms with Gasteiger partial charge in [0, 0.05) is 21.8 Å². The smallest absolute Gasteiger partial charge is 0.0371 e. The van der Waals surface area contributed by atoms with Gasteiger partial charge in [-0.1, -0.05) is 13.8 Å². The first-order chi connectivity index (χ1) is 4.22. The van der Waals surface area contributed by atoms with Crippen molar-refractivity contribution in [3.8, 4) is 0 Å². The highest BCUT2D eigenvalue weighted by Crippen LogP contribution is 2.22. The van der Waals surface area contributed by atoms with Crippen molar-refractivity contribution in [2.45, 2.75) is 31.9 Å². The maximum Gasteiger partial charge on any atom is 0.0371 e. The van der Waals surface area contributed by atoms with Gasteiger partial charge in [0.15, 0.2) is 0 Å². The van der Waals surface area contributed by atoms with E-state index in [1.807, 2.05) is 0 Å². The molecule has 0 spiro atoms. The molecule has 2 atom stereocenters. The molecular formula is C7H14OS. The van der Waals surface area contributed by atoms with Gasteiger partial charge in [0.05, 0.1) is 0 Å². The number of hydrogen-bond acceptors (Lipinski definition) is 1. The van der Waals surface area contributed by atoms with E-state index < -0.39 is 10.8 Å². The summed E-state index contributed by atoms with van der Waals surface area (Å²) < 4.78 is 11.1. The van der Waals surface area contributed by atoms with E-state index in [4.69, 9.17) is 0 Å². The van der Waals surface area contributed by atoms with Gasteiger partial charge in [-0.3, -0.25) is 4.21 Å². The van der Waals surface area contributed by atoms with Crippen molar-refractivity contribution in [1.82, 2.24) is 0 Å². The van der Waals surface area contributed by atoms with E-state index in [1.54, 1.807) is 0 Å². The van der Waals surface area contributed by atoms with Crippen molar-refractivity contribution in [2.24, 2.45) is 5.92 Å². The monoisotopic (exact) mass is 146 g/mol. The molecule has 2 heteroatoms. The molecule has 9 heavy (non-hydrogen) atoms. The molecule has 0 amide bonds. The standard InChI is InChI=1S/C7H14OS/c1-6(2)7-4-3-5-9(7)8/h6-7H,3-5H2,1-2H3. The fourth-order valence-corrected chi connectivity index (χ4v) is 3.14. The Bertz CT molecular complexity index is 120. The highest BCUT2D eigenvalue weighted by Gasteiger charge is 2.25. The minimum Gasteiger partial charge on any atom is -0.259 e. The van der Waals surface area contributed by atoms with E-state index in [1.165, 1.54) is 12.8 Å². The first-order valence-corrected chi connectivity index (χ1v) is 4.97. The van der Waals surface area contributed by atoms with Crippen molar-refractivity contribution in [3.05, 3.63) is 0 Å². The third kappa shape index (κ3) is 1.54. The third-order valence-electron chi connectivity index (χ3n) is 1.92. The lowest BCUT2D eigenvalue weighted by Crippen LogP contribution is -2.15. The second kappa shape index (κ2) is 2.82. The van der Waals surface area contributed by atoms with Crippen molar-refractivity contribution >= 4 is 10.8 Å². The Hall–Kier alpha value is 0.150. The Morgan fingerprint density at radius 3 is 2.44 bits per heavy atom. The van der Waals surface area contributed by atoms with E-state index >= 15 is 0 Å². The molecule has 0 aromatic carbocycles. The summed E-state index contributed by atoms with van der Waals surface area (Å²) in [6, 6.07) is 0. The van der Waals surface area contributed by atoms with Crippen LogP contribution < -0.4 is 0 Å². The lowest BCUT2D eigenvalue weighted by atomic mass is 10.1. The summed E-state index contributed by atoms with van der Waals surface area (Å²) in [5.74, 6) is 1.57. The van der Waals surface area contributed by atoms with Crippen LogP contribution in [-0.4, -0.2) is 15.2 Å². The first kappa shape index (κ1) is 7.26. The summed E-state index contributed by atoms with van der Waals surface area (Å²) >= 11 is 0. The van der Waals surface area contributed by atoms with Crippen LogP contribution in [0.15, 0.2) is 0 Å². The van der Waals surface area contributed by atoms with Crippen LogP contribution in [0.5, 0.6) is 0 Å². The Morgan fingerprint density at radius 1 is 1.56 bits per heavy atom. The minimum absolute atomic E-state index is 0.491.